The molecule has 0 spiro atoms. The molecule has 3 N–H and O–H groups in total. The van der Waals surface area contributed by atoms with E-state index in [2.05, 4.69) is 10.3 Å². The Morgan fingerprint density at radius 2 is 2.35 bits per heavy atom. The number of nitrogens with one attached hydrogen (secondary N) is 1. The largest absolute Gasteiger partial charge is 0.469 e. The topological polar surface area (TPSA) is 81.2 Å². The summed E-state index contributed by atoms with van der Waals surface area (Å²) in [5.74, 6) is 0.828. The molecule has 20 heavy (non-hydrogen) atoms. The number of rotatable bonds is 6. The highest BCUT2D eigenvalue weighted by atomic mass is 16.3. The Hall–Kier alpha value is -2.14. The molecule has 0 radical (unpaired) electrons. The number of hydrogen-bond acceptors (Lipinski definition) is 4. The van der Waals surface area contributed by atoms with Crippen molar-refractivity contribution >= 4 is 5.91 Å². The maximum Gasteiger partial charge on any atom is 0.251 e. The molecule has 0 saturated carbocycles. The van der Waals surface area contributed by atoms with E-state index in [-0.39, 0.29) is 11.9 Å². The highest BCUT2D eigenvalue weighted by molar-refractivity contribution is 5.94. The third-order valence-electron chi connectivity index (χ3n) is 3.07. The van der Waals surface area contributed by atoms with Crippen LogP contribution in [0.4, 0.5) is 0 Å². The number of furan rings is 1. The van der Waals surface area contributed by atoms with Crippen molar-refractivity contribution in [1.82, 2.24) is 10.3 Å². The average Bonchev–Trinajstić information content (AvgIpc) is 2.98. The first-order valence-electron chi connectivity index (χ1n) is 6.67. The first-order valence-corrected chi connectivity index (χ1v) is 6.67. The van der Waals surface area contributed by atoms with Crippen LogP contribution in [0.25, 0.3) is 0 Å². The van der Waals surface area contributed by atoms with Gasteiger partial charge in [0, 0.05) is 30.8 Å². The van der Waals surface area contributed by atoms with E-state index >= 15 is 0 Å². The highest BCUT2D eigenvalue weighted by Gasteiger charge is 2.11. The molecule has 2 rings (SSSR count). The molecule has 1 atom stereocenters. The van der Waals surface area contributed by atoms with E-state index in [1.165, 1.54) is 0 Å². The molecule has 1 amide bonds. The van der Waals surface area contributed by atoms with Crippen LogP contribution in [0.5, 0.6) is 0 Å². The van der Waals surface area contributed by atoms with Crippen molar-refractivity contribution in [3.8, 4) is 0 Å². The maximum absolute atomic E-state index is 12.1. The van der Waals surface area contributed by atoms with Gasteiger partial charge in [0.1, 0.15) is 5.76 Å². The van der Waals surface area contributed by atoms with Crippen LogP contribution < -0.4 is 11.1 Å². The molecule has 2 aromatic heterocycles. The van der Waals surface area contributed by atoms with E-state index in [9.17, 15) is 4.79 Å². The van der Waals surface area contributed by atoms with Crippen LogP contribution in [-0.2, 0) is 13.0 Å². The van der Waals surface area contributed by atoms with Crippen molar-refractivity contribution in [2.75, 3.05) is 0 Å². The molecule has 106 valence electrons. The first-order chi connectivity index (χ1) is 9.69. The van der Waals surface area contributed by atoms with E-state index in [1.807, 2.05) is 19.1 Å². The summed E-state index contributed by atoms with van der Waals surface area (Å²) in [5, 5.41) is 2.96. The predicted octanol–water partition coefficient (Wildman–Crippen LogP) is 1.88. The Morgan fingerprint density at radius 3 is 3.05 bits per heavy atom. The molecule has 5 heteroatoms. The summed E-state index contributed by atoms with van der Waals surface area (Å²) in [5.41, 5.74) is 6.81. The molecular weight excluding hydrogens is 254 g/mol. The molecule has 1 unspecified atom stereocenters. The number of pyridine rings is 1. The first kappa shape index (κ1) is 14.3. The van der Waals surface area contributed by atoms with Gasteiger partial charge in [0.05, 0.1) is 12.0 Å². The van der Waals surface area contributed by atoms with Gasteiger partial charge >= 0.3 is 0 Å². The smallest absolute Gasteiger partial charge is 0.251 e. The summed E-state index contributed by atoms with van der Waals surface area (Å²) in [6.07, 6.45) is 4.89. The lowest BCUT2D eigenvalue weighted by atomic mass is 10.1. The molecule has 0 fully saturated rings. The van der Waals surface area contributed by atoms with Crippen LogP contribution in [0, 0.1) is 0 Å². The van der Waals surface area contributed by atoms with Gasteiger partial charge in [-0.2, -0.15) is 0 Å². The summed E-state index contributed by atoms with van der Waals surface area (Å²) in [4.78, 5) is 16.2. The third kappa shape index (κ3) is 3.93. The molecule has 0 bridgehead atoms. The second-order valence-corrected chi connectivity index (χ2v) is 4.73. The van der Waals surface area contributed by atoms with Gasteiger partial charge in [0.15, 0.2) is 0 Å². The summed E-state index contributed by atoms with van der Waals surface area (Å²) in [6.45, 7) is 2.31. The second-order valence-electron chi connectivity index (χ2n) is 4.73. The number of hydrogen-bond donors (Lipinski definition) is 2. The Balaban J connectivity index is 1.86. The lowest BCUT2D eigenvalue weighted by Crippen LogP contribution is -2.33. The summed E-state index contributed by atoms with van der Waals surface area (Å²) in [7, 11) is 0. The Bertz CT molecular complexity index is 552. The SMILES string of the molecule is CC(CCc1ccco1)NC(=O)c1ccnc(CN)c1. The van der Waals surface area contributed by atoms with Crippen molar-refractivity contribution in [2.45, 2.75) is 32.4 Å². The molecule has 2 aromatic rings. The van der Waals surface area contributed by atoms with Crippen molar-refractivity contribution in [1.29, 1.82) is 0 Å². The predicted molar refractivity (Wildman–Crippen MR) is 76.1 cm³/mol. The third-order valence-corrected chi connectivity index (χ3v) is 3.07. The van der Waals surface area contributed by atoms with Crippen LogP contribution >= 0.6 is 0 Å². The number of aromatic nitrogens is 1. The normalized spacial score (nSPS) is 12.1. The van der Waals surface area contributed by atoms with Crippen molar-refractivity contribution in [3.63, 3.8) is 0 Å². The fourth-order valence-corrected chi connectivity index (χ4v) is 1.92. The van der Waals surface area contributed by atoms with Gasteiger partial charge in [-0.3, -0.25) is 9.78 Å². The number of nitrogens with zero attached hydrogens (tertiary/aromatic N) is 1. The van der Waals surface area contributed by atoms with Gasteiger partial charge in [-0.15, -0.1) is 0 Å². The van der Waals surface area contributed by atoms with Gasteiger partial charge in [0.25, 0.3) is 5.91 Å². The minimum Gasteiger partial charge on any atom is -0.469 e. The van der Waals surface area contributed by atoms with Crippen LogP contribution in [0.2, 0.25) is 0 Å². The standard InChI is InChI=1S/C15H19N3O2/c1-11(4-5-14-3-2-8-20-14)18-15(19)12-6-7-17-13(9-12)10-16/h2-3,6-9,11H,4-5,10,16H2,1H3,(H,18,19). The molecule has 0 aliphatic heterocycles. The molecule has 0 aliphatic carbocycles. The van der Waals surface area contributed by atoms with Crippen molar-refractivity contribution in [2.24, 2.45) is 5.73 Å². The van der Waals surface area contributed by atoms with E-state index < -0.39 is 0 Å². The van der Waals surface area contributed by atoms with Crippen LogP contribution in [-0.4, -0.2) is 16.9 Å². The zero-order chi connectivity index (χ0) is 14.4. The summed E-state index contributed by atoms with van der Waals surface area (Å²) in [6, 6.07) is 7.28. The number of aryl methyl sites for hydroxylation is 1. The number of carbonyl (C=O) groups excluding carboxylic acids is 1. The lowest BCUT2D eigenvalue weighted by Gasteiger charge is -2.13. The molecule has 5 nitrogen and oxygen atoms in total. The van der Waals surface area contributed by atoms with Gasteiger partial charge in [0.2, 0.25) is 0 Å². The van der Waals surface area contributed by atoms with Crippen molar-refractivity contribution < 1.29 is 9.21 Å². The van der Waals surface area contributed by atoms with Gasteiger partial charge in [-0.25, -0.2) is 0 Å². The quantitative estimate of drug-likeness (QED) is 0.842. The van der Waals surface area contributed by atoms with Gasteiger partial charge in [-0.1, -0.05) is 0 Å². The van der Waals surface area contributed by atoms with E-state index in [1.54, 1.807) is 24.6 Å². The van der Waals surface area contributed by atoms with Gasteiger partial charge in [-0.05, 0) is 37.6 Å². The zero-order valence-corrected chi connectivity index (χ0v) is 11.5. The van der Waals surface area contributed by atoms with Crippen LogP contribution in [0.1, 0.15) is 35.2 Å². The second kappa shape index (κ2) is 6.86. The van der Waals surface area contributed by atoms with E-state index in [4.69, 9.17) is 10.2 Å². The van der Waals surface area contributed by atoms with E-state index in [0.717, 1.165) is 18.6 Å². The fourth-order valence-electron chi connectivity index (χ4n) is 1.92. The number of carbonyl (C=O) groups is 1. The summed E-state index contributed by atoms with van der Waals surface area (Å²) >= 11 is 0. The van der Waals surface area contributed by atoms with E-state index in [0.29, 0.717) is 17.8 Å². The summed E-state index contributed by atoms with van der Waals surface area (Å²) < 4.78 is 5.27. The molecule has 0 aliphatic rings. The Morgan fingerprint density at radius 1 is 1.50 bits per heavy atom. The van der Waals surface area contributed by atoms with Gasteiger partial charge < -0.3 is 15.5 Å². The molecular formula is C15H19N3O2. The maximum atomic E-state index is 12.1. The molecule has 2 heterocycles. The number of nitrogens with two attached hydrogens (primary N) is 1. The highest BCUT2D eigenvalue weighted by Crippen LogP contribution is 2.07. The minimum atomic E-state index is -0.103. The zero-order valence-electron chi connectivity index (χ0n) is 11.5. The average molecular weight is 273 g/mol. The molecule has 0 aromatic carbocycles. The Kier molecular flexibility index (Phi) is 4.90. The van der Waals surface area contributed by atoms with Crippen molar-refractivity contribution in [3.05, 3.63) is 53.7 Å². The van der Waals surface area contributed by atoms with Crippen LogP contribution in [0.15, 0.2) is 41.1 Å². The van der Waals surface area contributed by atoms with Crippen LogP contribution in [0.3, 0.4) is 0 Å². The minimum absolute atomic E-state index is 0.0714. The fraction of sp³-hybridized carbons (Fsp3) is 0.333. The number of amides is 1. The Labute approximate surface area is 118 Å². The monoisotopic (exact) mass is 273 g/mol. The lowest BCUT2D eigenvalue weighted by molar-refractivity contribution is 0.0938. The molecule has 0 saturated heterocycles.